The number of carbonyl (C=O) groups is 2. The number of hydrogen-bond acceptors (Lipinski definition) is 4. The van der Waals surface area contributed by atoms with Crippen LogP contribution in [0.3, 0.4) is 0 Å². The topological polar surface area (TPSA) is 46.6 Å². The molecule has 1 aliphatic heterocycles. The van der Waals surface area contributed by atoms with Crippen molar-refractivity contribution >= 4 is 11.6 Å². The summed E-state index contributed by atoms with van der Waals surface area (Å²) in [5.74, 6) is -0.0287. The summed E-state index contributed by atoms with van der Waals surface area (Å²) in [4.78, 5) is 25.8. The Bertz CT molecular complexity index is 420. The second-order valence-corrected chi connectivity index (χ2v) is 4.51. The van der Waals surface area contributed by atoms with Crippen LogP contribution in [0, 0.1) is 0 Å². The average Bonchev–Trinajstić information content (AvgIpc) is 2.33. The molecule has 0 radical (unpaired) electrons. The van der Waals surface area contributed by atoms with Gasteiger partial charge in [-0.05, 0) is 19.9 Å². The highest BCUT2D eigenvalue weighted by Crippen LogP contribution is 2.19. The molecule has 0 spiro atoms. The Kier molecular flexibility index (Phi) is 3.54. The van der Waals surface area contributed by atoms with Crippen LogP contribution in [-0.4, -0.2) is 49.3 Å². The van der Waals surface area contributed by atoms with Crippen molar-refractivity contribution in [3.63, 3.8) is 0 Å². The minimum atomic E-state index is -0.0221. The molecule has 1 fully saturated rings. The molecule has 0 amide bonds. The molecule has 17 heavy (non-hydrogen) atoms. The molecule has 0 aromatic carbocycles. The maximum absolute atomic E-state index is 11.9. The Morgan fingerprint density at radius 3 is 2.59 bits per heavy atom. The van der Waals surface area contributed by atoms with Gasteiger partial charge in [-0.1, -0.05) is 0 Å². The van der Waals surface area contributed by atoms with E-state index in [2.05, 4.69) is 4.90 Å². The fourth-order valence-electron chi connectivity index (χ4n) is 2.15. The number of allylic oxidation sites excluding steroid dienone is 3. The van der Waals surface area contributed by atoms with Crippen LogP contribution in [0.15, 0.2) is 22.8 Å². The van der Waals surface area contributed by atoms with Crippen LogP contribution >= 0.6 is 0 Å². The van der Waals surface area contributed by atoms with E-state index in [0.717, 1.165) is 13.1 Å². The lowest BCUT2D eigenvalue weighted by molar-refractivity contribution is -0.116. The second kappa shape index (κ2) is 4.94. The van der Waals surface area contributed by atoms with E-state index in [-0.39, 0.29) is 13.0 Å². The van der Waals surface area contributed by atoms with Gasteiger partial charge in [-0.25, -0.2) is 0 Å². The van der Waals surface area contributed by atoms with Crippen LogP contribution in [0.4, 0.5) is 0 Å². The molecule has 92 valence electrons. The minimum Gasteiger partial charge on any atom is -0.379 e. The minimum absolute atomic E-state index is 0. The van der Waals surface area contributed by atoms with Gasteiger partial charge in [-0.3, -0.25) is 14.5 Å². The molecule has 1 heterocycles. The average molecular weight is 236 g/mol. The van der Waals surface area contributed by atoms with Gasteiger partial charge in [0.2, 0.25) is 0 Å². The lowest BCUT2D eigenvalue weighted by Crippen LogP contribution is -2.39. The molecule has 1 aliphatic carbocycles. The SMILES string of the molecule is CC1=CC(=O)C(CN2CCOCC2)=C(C)C1=O.[H+]. The highest BCUT2D eigenvalue weighted by Gasteiger charge is 2.25. The van der Waals surface area contributed by atoms with Crippen molar-refractivity contribution in [1.29, 1.82) is 0 Å². The van der Waals surface area contributed by atoms with Crippen molar-refractivity contribution in [1.82, 2.24) is 4.90 Å². The standard InChI is InChI=1S/C13H17NO3/c1-9-7-12(15)11(10(2)13(9)16)8-14-3-5-17-6-4-14/h7H,3-6,8H2,1-2H3/p+1. The lowest BCUT2D eigenvalue weighted by atomic mass is 9.91. The van der Waals surface area contributed by atoms with Gasteiger partial charge in [0, 0.05) is 36.4 Å². The van der Waals surface area contributed by atoms with Crippen molar-refractivity contribution in [3.8, 4) is 0 Å². The fourth-order valence-corrected chi connectivity index (χ4v) is 2.15. The van der Waals surface area contributed by atoms with Crippen molar-refractivity contribution < 1.29 is 15.8 Å². The Hall–Kier alpha value is -1.26. The zero-order valence-corrected chi connectivity index (χ0v) is 10.3. The molecule has 0 bridgehead atoms. The van der Waals surface area contributed by atoms with Gasteiger partial charge in [0.25, 0.3) is 0 Å². The fraction of sp³-hybridized carbons (Fsp3) is 0.538. The van der Waals surface area contributed by atoms with Crippen LogP contribution in [-0.2, 0) is 14.3 Å². The Balaban J connectivity index is 0.00000162. The van der Waals surface area contributed by atoms with Gasteiger partial charge in [-0.15, -0.1) is 0 Å². The summed E-state index contributed by atoms with van der Waals surface area (Å²) in [6.45, 7) is 7.03. The second-order valence-electron chi connectivity index (χ2n) is 4.51. The van der Waals surface area contributed by atoms with Gasteiger partial charge < -0.3 is 4.74 Å². The third kappa shape index (κ3) is 2.53. The summed E-state index contributed by atoms with van der Waals surface area (Å²) in [5, 5.41) is 0. The van der Waals surface area contributed by atoms with E-state index in [9.17, 15) is 9.59 Å². The van der Waals surface area contributed by atoms with Crippen molar-refractivity contribution in [2.75, 3.05) is 32.8 Å². The van der Waals surface area contributed by atoms with E-state index in [1.54, 1.807) is 13.8 Å². The first-order valence-corrected chi connectivity index (χ1v) is 5.87. The molecule has 0 aromatic rings. The molecule has 0 aromatic heterocycles. The number of nitrogens with zero attached hydrogens (tertiary/aromatic N) is 1. The number of morpholine rings is 1. The monoisotopic (exact) mass is 236 g/mol. The molecule has 0 unspecified atom stereocenters. The van der Waals surface area contributed by atoms with E-state index in [1.807, 2.05) is 0 Å². The van der Waals surface area contributed by atoms with Crippen LogP contribution in [0.1, 0.15) is 15.3 Å². The van der Waals surface area contributed by atoms with Gasteiger partial charge >= 0.3 is 1.43 Å². The molecule has 1 saturated heterocycles. The van der Waals surface area contributed by atoms with E-state index in [1.165, 1.54) is 6.08 Å². The molecule has 4 nitrogen and oxygen atoms in total. The smallest absolute Gasteiger partial charge is 0.379 e. The number of carbonyl (C=O) groups excluding carboxylic acids is 2. The van der Waals surface area contributed by atoms with Crippen LogP contribution in [0.5, 0.6) is 0 Å². The molecule has 2 rings (SSSR count). The largest absolute Gasteiger partial charge is 1.00 e. The van der Waals surface area contributed by atoms with Crippen LogP contribution in [0.25, 0.3) is 0 Å². The summed E-state index contributed by atoms with van der Waals surface area (Å²) in [6.07, 6.45) is 1.45. The van der Waals surface area contributed by atoms with E-state index >= 15 is 0 Å². The van der Waals surface area contributed by atoms with Crippen molar-refractivity contribution in [3.05, 3.63) is 22.8 Å². The third-order valence-corrected chi connectivity index (χ3v) is 3.28. The highest BCUT2D eigenvalue weighted by molar-refractivity contribution is 6.22. The quantitative estimate of drug-likeness (QED) is 0.667. The predicted octanol–water partition coefficient (Wildman–Crippen LogP) is 0.846. The van der Waals surface area contributed by atoms with E-state index in [0.29, 0.717) is 36.5 Å². The Labute approximate surface area is 102 Å². The maximum Gasteiger partial charge on any atom is 1.00 e. The van der Waals surface area contributed by atoms with Gasteiger partial charge in [-0.2, -0.15) is 0 Å². The molecular formula is C13H18NO3+. The third-order valence-electron chi connectivity index (χ3n) is 3.28. The van der Waals surface area contributed by atoms with Crippen molar-refractivity contribution in [2.24, 2.45) is 0 Å². The van der Waals surface area contributed by atoms with Crippen molar-refractivity contribution in [2.45, 2.75) is 13.8 Å². The molecule has 4 heteroatoms. The van der Waals surface area contributed by atoms with Crippen LogP contribution in [0.2, 0.25) is 0 Å². The first kappa shape index (κ1) is 12.2. The van der Waals surface area contributed by atoms with Gasteiger partial charge in [0.15, 0.2) is 11.6 Å². The van der Waals surface area contributed by atoms with Gasteiger partial charge in [0.05, 0.1) is 13.2 Å². The van der Waals surface area contributed by atoms with Crippen LogP contribution < -0.4 is 0 Å². The normalized spacial score (nSPS) is 23.1. The molecular weight excluding hydrogens is 218 g/mol. The van der Waals surface area contributed by atoms with E-state index < -0.39 is 0 Å². The van der Waals surface area contributed by atoms with Gasteiger partial charge in [0.1, 0.15) is 0 Å². The summed E-state index contributed by atoms with van der Waals surface area (Å²) >= 11 is 0. The first-order chi connectivity index (χ1) is 8.09. The predicted molar refractivity (Wildman–Crippen MR) is 64.8 cm³/mol. The summed E-state index contributed by atoms with van der Waals surface area (Å²) in [7, 11) is 0. The zero-order chi connectivity index (χ0) is 12.4. The Morgan fingerprint density at radius 2 is 1.94 bits per heavy atom. The summed E-state index contributed by atoms with van der Waals surface area (Å²) in [6, 6.07) is 0. The number of rotatable bonds is 2. The Morgan fingerprint density at radius 1 is 1.29 bits per heavy atom. The number of ether oxygens (including phenoxy) is 1. The number of hydrogen-bond donors (Lipinski definition) is 0. The molecule has 2 aliphatic rings. The molecule has 0 saturated carbocycles. The first-order valence-electron chi connectivity index (χ1n) is 5.87. The van der Waals surface area contributed by atoms with E-state index in [4.69, 9.17) is 4.74 Å². The number of Topliss-reactive ketones (excluding diaryl/α,β-unsaturated/α-hetero) is 1. The summed E-state index contributed by atoms with van der Waals surface area (Å²) in [5.41, 5.74) is 1.78. The number of ketones is 2. The maximum atomic E-state index is 11.9. The summed E-state index contributed by atoms with van der Waals surface area (Å²) < 4.78 is 5.26. The highest BCUT2D eigenvalue weighted by atomic mass is 16.5. The molecule has 0 atom stereocenters. The molecule has 0 N–H and O–H groups in total. The lowest BCUT2D eigenvalue weighted by Gasteiger charge is -2.28. The zero-order valence-electron chi connectivity index (χ0n) is 11.3.